The Balaban J connectivity index is 0.00000153. The third-order valence-corrected chi connectivity index (χ3v) is 26.7. The van der Waals surface area contributed by atoms with E-state index in [-0.39, 0.29) is 23.2 Å². The molecular formula is C126H203F3N8O2. The Bertz CT molecular complexity index is 4080. The fraction of sp³-hybridized carbons (Fsp3) is 0.627. The molecular weight excluding hydrogens is 1710 g/mol. The number of alkyl halides is 3. The van der Waals surface area contributed by atoms with E-state index in [9.17, 15) is 18.0 Å². The zero-order chi connectivity index (χ0) is 107. The fourth-order valence-electron chi connectivity index (χ4n) is 22.0. The van der Waals surface area contributed by atoms with Crippen LogP contribution < -0.4 is 0 Å². The lowest BCUT2D eigenvalue weighted by Gasteiger charge is -2.28. The largest absolute Gasteiger partial charge is 0.478 e. The Kier molecular flexibility index (Phi) is 62.5. The first-order valence-corrected chi connectivity index (χ1v) is 53.3. The highest BCUT2D eigenvalue weighted by Crippen LogP contribution is 2.40. The van der Waals surface area contributed by atoms with Gasteiger partial charge in [-0.3, -0.25) is 24.9 Å². The molecule has 0 aliphatic rings. The van der Waals surface area contributed by atoms with Gasteiger partial charge in [0, 0.05) is 113 Å². The van der Waals surface area contributed by atoms with E-state index in [2.05, 4.69) is 422 Å². The van der Waals surface area contributed by atoms with Gasteiger partial charge >= 0.3 is 12.1 Å². The van der Waals surface area contributed by atoms with Crippen LogP contribution in [0.2, 0.25) is 0 Å². The molecule has 13 heteroatoms. The number of pyridine rings is 6. The van der Waals surface area contributed by atoms with Gasteiger partial charge in [0.15, 0.2) is 0 Å². The van der Waals surface area contributed by atoms with Crippen molar-refractivity contribution in [2.75, 3.05) is 0 Å². The molecule has 0 atom stereocenters. The highest BCUT2D eigenvalue weighted by atomic mass is 19.4. The molecule has 0 bridgehead atoms. The highest BCUT2D eigenvalue weighted by Gasteiger charge is 2.35. The summed E-state index contributed by atoms with van der Waals surface area (Å²) in [4.78, 5) is 45.0. The van der Waals surface area contributed by atoms with Gasteiger partial charge in [-0.25, -0.2) is 19.7 Å². The van der Waals surface area contributed by atoms with E-state index in [1.165, 1.54) is 62.4 Å². The van der Waals surface area contributed by atoms with Crippen molar-refractivity contribution >= 4 is 5.97 Å². The first-order chi connectivity index (χ1) is 64.5. The van der Waals surface area contributed by atoms with Crippen LogP contribution in [0.5, 0.6) is 0 Å². The highest BCUT2D eigenvalue weighted by molar-refractivity contribution is 5.87. The summed E-state index contributed by atoms with van der Waals surface area (Å²) >= 11 is 0. The van der Waals surface area contributed by atoms with Crippen LogP contribution in [0.15, 0.2) is 201 Å². The van der Waals surface area contributed by atoms with E-state index in [4.69, 9.17) is 5.11 Å². The van der Waals surface area contributed by atoms with Crippen molar-refractivity contribution in [3.8, 4) is 0 Å². The lowest BCUT2D eigenvalue weighted by atomic mass is 9.78. The van der Waals surface area contributed by atoms with Crippen molar-refractivity contribution in [1.82, 2.24) is 39.9 Å². The zero-order valence-corrected chi connectivity index (χ0v) is 96.5. The molecule has 0 aliphatic carbocycles. The van der Waals surface area contributed by atoms with Crippen molar-refractivity contribution in [2.24, 2.45) is 130 Å². The van der Waals surface area contributed by atoms with Crippen LogP contribution in [0.3, 0.4) is 0 Å². The fourth-order valence-corrected chi connectivity index (χ4v) is 22.0. The number of hydrogen-bond acceptors (Lipinski definition) is 9. The molecule has 9 aromatic rings. The minimum atomic E-state index is -4.37. The molecule has 0 amide bonds. The second-order valence-electron chi connectivity index (χ2n) is 47.1. The Morgan fingerprint density at radius 2 is 0.532 bits per heavy atom. The second kappa shape index (κ2) is 66.5. The van der Waals surface area contributed by atoms with Crippen molar-refractivity contribution in [3.05, 3.63) is 275 Å². The molecule has 1 N–H and O–H groups in total. The van der Waals surface area contributed by atoms with E-state index < -0.39 is 17.8 Å². The minimum absolute atomic E-state index is 0.0531. The van der Waals surface area contributed by atoms with Crippen LogP contribution in [0, 0.1) is 137 Å². The molecule has 10 nitrogen and oxygen atoms in total. The number of aryl methyl sites for hydroxylation is 1. The van der Waals surface area contributed by atoms with Gasteiger partial charge in [0.1, 0.15) is 12.0 Å². The third kappa shape index (κ3) is 49.0. The smallest absolute Gasteiger partial charge is 0.433 e. The molecule has 780 valence electrons. The number of carboxylic acids is 1. The van der Waals surface area contributed by atoms with Gasteiger partial charge in [0.2, 0.25) is 0 Å². The normalized spacial score (nSPS) is 12.0. The van der Waals surface area contributed by atoms with Gasteiger partial charge in [0.25, 0.3) is 0 Å². The molecule has 0 unspecified atom stereocenters. The van der Waals surface area contributed by atoms with Gasteiger partial charge < -0.3 is 5.11 Å². The summed E-state index contributed by atoms with van der Waals surface area (Å²) in [5.74, 6) is 18.2. The molecule has 139 heavy (non-hydrogen) atoms. The summed E-state index contributed by atoms with van der Waals surface area (Å²) in [5.41, 5.74) is 13.1. The quantitative estimate of drug-likeness (QED) is 0.0446. The van der Waals surface area contributed by atoms with Crippen LogP contribution in [0.4, 0.5) is 13.2 Å². The van der Waals surface area contributed by atoms with E-state index in [1.807, 2.05) is 101 Å². The van der Waals surface area contributed by atoms with Crippen LogP contribution >= 0.6 is 0 Å². The number of nitrogens with zero attached hydrogens (tertiary/aromatic N) is 8. The van der Waals surface area contributed by atoms with Gasteiger partial charge in [-0.2, -0.15) is 13.2 Å². The Morgan fingerprint density at radius 1 is 0.266 bits per heavy atom. The maximum Gasteiger partial charge on any atom is 0.433 e. The summed E-state index contributed by atoms with van der Waals surface area (Å²) < 4.78 is 37.7. The second-order valence-corrected chi connectivity index (χ2v) is 47.1. The van der Waals surface area contributed by atoms with E-state index in [0.29, 0.717) is 141 Å². The summed E-state index contributed by atoms with van der Waals surface area (Å²) in [6, 6.07) is 49.4. The number of aromatic nitrogens is 8. The molecule has 9 rings (SSSR count). The topological polar surface area (TPSA) is 140 Å². The lowest BCUT2D eigenvalue weighted by molar-refractivity contribution is -0.141. The lowest BCUT2D eigenvalue weighted by Crippen LogP contribution is -2.21. The van der Waals surface area contributed by atoms with Gasteiger partial charge in [-0.15, -0.1) is 0 Å². The zero-order valence-electron chi connectivity index (χ0n) is 96.5. The summed E-state index contributed by atoms with van der Waals surface area (Å²) in [7, 11) is 0. The monoisotopic (exact) mass is 1920 g/mol. The number of halogens is 3. The van der Waals surface area contributed by atoms with E-state index in [0.717, 1.165) is 41.6 Å². The molecule has 0 spiro atoms. The summed E-state index contributed by atoms with van der Waals surface area (Å²) in [5, 5.41) is 8.83. The first-order valence-electron chi connectivity index (χ1n) is 53.3. The SMILES string of the molecule is CC(C)C(C(C)C)C(C)C.CC(C)C(c1cc(C(C)(C)C)ccn1)C(C)C.CC(C)C(c1ccc(C(=O)O)cc1)C(C)C.CC(C)C(c1cccc(C(F)(F)F)n1)C(C)C.CC(C)C(c1ccccc1)C(C)C.CC(C)C(c1ccccn1)C(C)C.CC(C)C(c1ccccn1)C(C)C.CC(C)C(c1ccccn1)C(C)C.CC(C)C(c1cncnc1)C(C)C.Cc1ccnc(C(C(C)C)C(C)C)c1. The van der Waals surface area contributed by atoms with E-state index >= 15 is 0 Å². The van der Waals surface area contributed by atoms with Gasteiger partial charge in [0.05, 0.1) is 5.56 Å². The van der Waals surface area contributed by atoms with E-state index in [1.54, 1.807) is 24.5 Å². The van der Waals surface area contributed by atoms with Gasteiger partial charge in [-0.1, -0.05) is 378 Å². The first kappa shape index (κ1) is 131. The minimum Gasteiger partial charge on any atom is -0.478 e. The molecule has 2 aromatic carbocycles. The molecule has 7 heterocycles. The number of benzene rings is 2. The standard InChI is InChI=1S/C16H27N.C14H20O2.C13H18F3N.C13H21N.C13H20.3C12H19N.C11H18N2.C10H22/c1-11(2)15(12(3)4)14-10-13(8-9-17-14)16(5,6)7;1-9(2)13(10(3)4)11-5-7-12(8-6-11)14(15)16;1-8(2)12(9(3)4)10-6-5-7-11(17-10)13(14,15)16;1-9(2)13(10(3)4)12-8-11(5)6-7-14-12;1-10(2)13(11(3)4)12-8-6-5-7-9-12;3*1-9(2)12(10(3)4)11-7-5-6-8-13-11;1-8(2)11(9(3)4)10-5-12-7-13-6-10;1-7(2)10(8(3)4)9(5)6/h8-12,15H,1-7H3;5-10,13H,1-4H3,(H,15,16);5-9,12H,1-4H3;6-10,13H,1-5H3;5-11,13H,1-4H3;3*5-10,12H,1-4H3;5-9,11H,1-4H3;7-10H,1-6H3. The van der Waals surface area contributed by atoms with Crippen LogP contribution in [0.1, 0.15) is 443 Å². The average molecular weight is 1920 g/mol. The Labute approximate surface area is 851 Å². The molecule has 0 saturated heterocycles. The Hall–Kier alpha value is -8.32. The van der Waals surface area contributed by atoms with Crippen molar-refractivity contribution in [3.63, 3.8) is 0 Å². The molecule has 0 fully saturated rings. The number of hydrogen-bond donors (Lipinski definition) is 1. The van der Waals surface area contributed by atoms with Crippen molar-refractivity contribution in [2.45, 2.75) is 383 Å². The average Bonchev–Trinajstić information content (AvgIpc) is 0.709. The molecule has 7 aromatic heterocycles. The summed E-state index contributed by atoms with van der Waals surface area (Å²) in [6.07, 6.45) is 10.6. The molecule has 0 saturated carbocycles. The number of aromatic carboxylic acids is 1. The number of carbonyl (C=O) groups is 1. The van der Waals surface area contributed by atoms with Crippen molar-refractivity contribution in [1.29, 1.82) is 0 Å². The number of rotatable bonds is 31. The number of carboxylic acid groups (broad SMARTS) is 1. The maximum atomic E-state index is 12.6. The van der Waals surface area contributed by atoms with Crippen LogP contribution in [-0.4, -0.2) is 50.9 Å². The maximum absolute atomic E-state index is 12.6. The van der Waals surface area contributed by atoms with Crippen molar-refractivity contribution < 1.29 is 23.1 Å². The predicted octanol–water partition coefficient (Wildman–Crippen LogP) is 37.8. The van der Waals surface area contributed by atoms with Gasteiger partial charge in [-0.05, 0) is 273 Å². The van der Waals surface area contributed by atoms with Crippen LogP contribution in [-0.2, 0) is 11.6 Å². The molecule has 0 aliphatic heterocycles. The Morgan fingerprint density at radius 3 is 0.799 bits per heavy atom. The van der Waals surface area contributed by atoms with Crippen LogP contribution in [0.25, 0.3) is 0 Å². The molecule has 0 radical (unpaired) electrons. The predicted molar refractivity (Wildman–Crippen MR) is 595 cm³/mol. The third-order valence-electron chi connectivity index (χ3n) is 26.7. The summed E-state index contributed by atoms with van der Waals surface area (Å²) in [6.45, 7) is 103.